The van der Waals surface area contributed by atoms with E-state index in [0.29, 0.717) is 6.54 Å². The SMILES string of the molecule is CN=C(NCc1cccc(-c2ncn[nH]2)c1)NC(C)c1cccc(N2CCCC2)c1. The first kappa shape index (κ1) is 19.9. The van der Waals surface area contributed by atoms with E-state index in [1.807, 2.05) is 12.1 Å². The van der Waals surface area contributed by atoms with Gasteiger partial charge in [0.15, 0.2) is 11.8 Å². The highest BCUT2D eigenvalue weighted by atomic mass is 15.2. The number of guanidine groups is 1. The van der Waals surface area contributed by atoms with Gasteiger partial charge in [-0.25, -0.2) is 4.98 Å². The maximum Gasteiger partial charge on any atom is 0.191 e. The standard InChI is InChI=1S/C23H29N7/c1-17(19-8-6-10-21(14-19)30-11-3-4-12-30)28-23(24-2)25-15-18-7-5-9-20(13-18)22-26-16-27-29-22/h5-10,13-14,16-17H,3-4,11-12,15H2,1-2H3,(H2,24,25,28)(H,26,27,29). The Kier molecular flexibility index (Phi) is 6.27. The number of hydrogen-bond donors (Lipinski definition) is 3. The Morgan fingerprint density at radius 2 is 2.00 bits per heavy atom. The zero-order chi connectivity index (χ0) is 20.8. The Morgan fingerprint density at radius 1 is 1.17 bits per heavy atom. The van der Waals surface area contributed by atoms with Gasteiger partial charge < -0.3 is 15.5 Å². The molecule has 1 atom stereocenters. The van der Waals surface area contributed by atoms with Crippen LogP contribution < -0.4 is 15.5 Å². The summed E-state index contributed by atoms with van der Waals surface area (Å²) in [5.74, 6) is 1.55. The monoisotopic (exact) mass is 403 g/mol. The van der Waals surface area contributed by atoms with Crippen molar-refractivity contribution in [1.29, 1.82) is 0 Å². The molecule has 1 aromatic heterocycles. The Hall–Kier alpha value is -3.35. The summed E-state index contributed by atoms with van der Waals surface area (Å²) in [6.45, 7) is 5.14. The van der Waals surface area contributed by atoms with Crippen LogP contribution in [0.3, 0.4) is 0 Å². The number of rotatable bonds is 6. The van der Waals surface area contributed by atoms with E-state index in [-0.39, 0.29) is 6.04 Å². The number of benzene rings is 2. The maximum absolute atomic E-state index is 4.40. The summed E-state index contributed by atoms with van der Waals surface area (Å²) in [5, 5.41) is 13.7. The highest BCUT2D eigenvalue weighted by molar-refractivity contribution is 5.80. The van der Waals surface area contributed by atoms with Crippen molar-refractivity contribution in [2.24, 2.45) is 4.99 Å². The molecule has 1 saturated heterocycles. The Bertz CT molecular complexity index is 975. The summed E-state index contributed by atoms with van der Waals surface area (Å²) in [6, 6.07) is 17.2. The molecule has 0 spiro atoms. The topological polar surface area (TPSA) is 81.2 Å². The van der Waals surface area contributed by atoms with Crippen LogP contribution in [-0.4, -0.2) is 41.3 Å². The van der Waals surface area contributed by atoms with Gasteiger partial charge in [-0.05, 0) is 49.1 Å². The first-order valence-electron chi connectivity index (χ1n) is 10.5. The lowest BCUT2D eigenvalue weighted by Gasteiger charge is -2.22. The number of nitrogens with zero attached hydrogens (tertiary/aromatic N) is 4. The van der Waals surface area contributed by atoms with E-state index >= 15 is 0 Å². The van der Waals surface area contributed by atoms with Crippen LogP contribution in [0.25, 0.3) is 11.4 Å². The maximum atomic E-state index is 4.40. The average Bonchev–Trinajstić information content (AvgIpc) is 3.51. The third-order valence-corrected chi connectivity index (χ3v) is 5.49. The van der Waals surface area contributed by atoms with Crippen LogP contribution in [0, 0.1) is 0 Å². The van der Waals surface area contributed by atoms with E-state index in [9.17, 15) is 0 Å². The van der Waals surface area contributed by atoms with Gasteiger partial charge in [-0.15, -0.1) is 0 Å². The highest BCUT2D eigenvalue weighted by Gasteiger charge is 2.14. The van der Waals surface area contributed by atoms with E-state index in [1.54, 1.807) is 7.05 Å². The molecule has 3 aromatic rings. The fourth-order valence-corrected chi connectivity index (χ4v) is 3.81. The molecule has 7 nitrogen and oxygen atoms in total. The Balaban J connectivity index is 1.37. The molecule has 1 aliphatic heterocycles. The number of aliphatic imine (C=N–C) groups is 1. The molecule has 7 heteroatoms. The van der Waals surface area contributed by atoms with Crippen LogP contribution >= 0.6 is 0 Å². The van der Waals surface area contributed by atoms with Crippen LogP contribution in [0.1, 0.15) is 36.9 Å². The molecule has 1 aliphatic rings. The fourth-order valence-electron chi connectivity index (χ4n) is 3.81. The molecule has 0 amide bonds. The molecule has 4 rings (SSSR count). The molecule has 1 unspecified atom stereocenters. The lowest BCUT2D eigenvalue weighted by molar-refractivity contribution is 0.685. The van der Waals surface area contributed by atoms with Crippen LogP contribution in [0.15, 0.2) is 59.9 Å². The first-order chi connectivity index (χ1) is 14.7. The first-order valence-corrected chi connectivity index (χ1v) is 10.5. The molecule has 3 N–H and O–H groups in total. The Morgan fingerprint density at radius 3 is 2.77 bits per heavy atom. The number of hydrogen-bond acceptors (Lipinski definition) is 4. The molecule has 30 heavy (non-hydrogen) atoms. The highest BCUT2D eigenvalue weighted by Crippen LogP contribution is 2.24. The number of anilines is 1. The Labute approximate surface area is 177 Å². The van der Waals surface area contributed by atoms with Crippen LogP contribution in [0.2, 0.25) is 0 Å². The second kappa shape index (κ2) is 9.43. The minimum absolute atomic E-state index is 0.152. The molecule has 1 fully saturated rings. The second-order valence-electron chi connectivity index (χ2n) is 7.62. The smallest absolute Gasteiger partial charge is 0.191 e. The molecule has 0 bridgehead atoms. The van der Waals surface area contributed by atoms with Crippen molar-refractivity contribution >= 4 is 11.6 Å². The quantitative estimate of drug-likeness (QED) is 0.434. The molecule has 0 aliphatic carbocycles. The van der Waals surface area contributed by atoms with Crippen LogP contribution in [-0.2, 0) is 6.54 Å². The lowest BCUT2D eigenvalue weighted by Crippen LogP contribution is -2.38. The summed E-state index contributed by atoms with van der Waals surface area (Å²) < 4.78 is 0. The van der Waals surface area contributed by atoms with Crippen molar-refractivity contribution < 1.29 is 0 Å². The van der Waals surface area contributed by atoms with Gasteiger partial charge in [-0.3, -0.25) is 10.1 Å². The summed E-state index contributed by atoms with van der Waals surface area (Å²) in [7, 11) is 1.80. The number of aromatic nitrogens is 3. The third kappa shape index (κ3) is 4.79. The number of aromatic amines is 1. The van der Waals surface area contributed by atoms with Gasteiger partial charge in [0.1, 0.15) is 6.33 Å². The molecular weight excluding hydrogens is 374 g/mol. The van der Waals surface area contributed by atoms with Crippen LogP contribution in [0.5, 0.6) is 0 Å². The summed E-state index contributed by atoms with van der Waals surface area (Å²) in [4.78, 5) is 11.1. The second-order valence-corrected chi connectivity index (χ2v) is 7.62. The van der Waals surface area contributed by atoms with Crippen molar-refractivity contribution in [3.63, 3.8) is 0 Å². The van der Waals surface area contributed by atoms with Crippen LogP contribution in [0.4, 0.5) is 5.69 Å². The van der Waals surface area contributed by atoms with Gasteiger partial charge >= 0.3 is 0 Å². The zero-order valence-electron chi connectivity index (χ0n) is 17.6. The zero-order valence-corrected chi connectivity index (χ0v) is 17.6. The van der Waals surface area contributed by atoms with Crippen molar-refractivity contribution in [2.45, 2.75) is 32.4 Å². The summed E-state index contributed by atoms with van der Waals surface area (Å²) in [6.07, 6.45) is 4.09. The molecule has 2 aromatic carbocycles. The molecule has 0 saturated carbocycles. The average molecular weight is 404 g/mol. The van der Waals surface area contributed by atoms with E-state index in [2.05, 4.69) is 79.0 Å². The van der Waals surface area contributed by atoms with Crippen molar-refractivity contribution in [3.05, 3.63) is 66.0 Å². The van der Waals surface area contributed by atoms with Gasteiger partial charge in [-0.2, -0.15) is 5.10 Å². The number of H-pyrrole nitrogens is 1. The minimum Gasteiger partial charge on any atom is -0.372 e. The largest absolute Gasteiger partial charge is 0.372 e. The van der Waals surface area contributed by atoms with Gasteiger partial charge in [0.2, 0.25) is 0 Å². The molecule has 0 radical (unpaired) electrons. The third-order valence-electron chi connectivity index (χ3n) is 5.49. The molecular formula is C23H29N7. The normalized spacial score (nSPS) is 15.3. The summed E-state index contributed by atoms with van der Waals surface area (Å²) in [5.41, 5.74) is 4.73. The van der Waals surface area contributed by atoms with Gasteiger partial charge in [0.25, 0.3) is 0 Å². The predicted molar refractivity (Wildman–Crippen MR) is 121 cm³/mol. The van der Waals surface area contributed by atoms with Gasteiger partial charge in [0.05, 0.1) is 6.04 Å². The van der Waals surface area contributed by atoms with E-state index in [1.165, 1.54) is 30.4 Å². The van der Waals surface area contributed by atoms with Crippen molar-refractivity contribution in [2.75, 3.05) is 25.0 Å². The summed E-state index contributed by atoms with van der Waals surface area (Å²) >= 11 is 0. The van der Waals surface area contributed by atoms with E-state index in [4.69, 9.17) is 0 Å². The predicted octanol–water partition coefficient (Wildman–Crippen LogP) is 3.50. The molecule has 156 valence electrons. The van der Waals surface area contributed by atoms with E-state index < -0.39 is 0 Å². The molecule has 2 heterocycles. The fraction of sp³-hybridized carbons (Fsp3) is 0.348. The minimum atomic E-state index is 0.152. The van der Waals surface area contributed by atoms with E-state index in [0.717, 1.165) is 36.0 Å². The lowest BCUT2D eigenvalue weighted by atomic mass is 10.1. The van der Waals surface area contributed by atoms with Gasteiger partial charge in [0, 0.05) is 37.9 Å². The van der Waals surface area contributed by atoms with Crippen molar-refractivity contribution in [3.8, 4) is 11.4 Å². The van der Waals surface area contributed by atoms with Gasteiger partial charge in [-0.1, -0.05) is 30.3 Å². The number of nitrogens with one attached hydrogen (secondary N) is 3. The van der Waals surface area contributed by atoms with Crippen molar-refractivity contribution in [1.82, 2.24) is 25.8 Å².